The highest BCUT2D eigenvalue weighted by atomic mass is 16.6. The Kier molecular flexibility index (Phi) is 46.9. The topological polar surface area (TPSA) is 78.9 Å². The third-order valence-corrected chi connectivity index (χ3v) is 10.7. The normalized spacial score (nSPS) is 12.6. The summed E-state index contributed by atoms with van der Waals surface area (Å²) in [7, 11) is 0. The number of ether oxygens (including phenoxy) is 3. The van der Waals surface area contributed by atoms with Crippen molar-refractivity contribution < 1.29 is 28.6 Å². The molecule has 1 atom stereocenters. The van der Waals surface area contributed by atoms with E-state index in [1.54, 1.807) is 0 Å². The fourth-order valence-electron chi connectivity index (χ4n) is 6.89. The second-order valence-corrected chi connectivity index (χ2v) is 16.7. The molecular formula is C55H94O6. The lowest BCUT2D eigenvalue weighted by Gasteiger charge is -2.18. The van der Waals surface area contributed by atoms with Crippen LogP contribution < -0.4 is 0 Å². The van der Waals surface area contributed by atoms with E-state index in [2.05, 4.69) is 93.7 Å². The largest absolute Gasteiger partial charge is 0.462 e. The minimum Gasteiger partial charge on any atom is -0.462 e. The van der Waals surface area contributed by atoms with E-state index in [-0.39, 0.29) is 31.1 Å². The maximum Gasteiger partial charge on any atom is 0.306 e. The van der Waals surface area contributed by atoms with Crippen LogP contribution in [0, 0.1) is 0 Å². The van der Waals surface area contributed by atoms with Crippen molar-refractivity contribution in [3.63, 3.8) is 0 Å². The van der Waals surface area contributed by atoms with Gasteiger partial charge in [0.25, 0.3) is 0 Å². The molecule has 0 heterocycles. The molecule has 0 aliphatic rings. The van der Waals surface area contributed by atoms with Crippen LogP contribution >= 0.6 is 0 Å². The van der Waals surface area contributed by atoms with E-state index in [0.717, 1.165) is 128 Å². The van der Waals surface area contributed by atoms with E-state index in [0.29, 0.717) is 19.3 Å². The Balaban J connectivity index is 4.44. The van der Waals surface area contributed by atoms with Crippen molar-refractivity contribution in [2.24, 2.45) is 0 Å². The molecule has 350 valence electrons. The van der Waals surface area contributed by atoms with Crippen molar-refractivity contribution >= 4 is 17.9 Å². The van der Waals surface area contributed by atoms with Gasteiger partial charge in [0.2, 0.25) is 0 Å². The van der Waals surface area contributed by atoms with Gasteiger partial charge in [-0.05, 0) is 96.3 Å². The average Bonchev–Trinajstić information content (AvgIpc) is 3.26. The summed E-state index contributed by atoms with van der Waals surface area (Å²) in [6.45, 7) is 6.46. The summed E-state index contributed by atoms with van der Waals surface area (Å²) in [4.78, 5) is 37.9. The van der Waals surface area contributed by atoms with Gasteiger partial charge >= 0.3 is 17.9 Å². The number of esters is 3. The lowest BCUT2D eigenvalue weighted by atomic mass is 10.1. The van der Waals surface area contributed by atoms with Crippen LogP contribution in [-0.4, -0.2) is 37.2 Å². The minimum absolute atomic E-state index is 0.0961. The molecule has 0 aliphatic carbocycles. The molecule has 6 heteroatoms. The van der Waals surface area contributed by atoms with Gasteiger partial charge < -0.3 is 14.2 Å². The second kappa shape index (κ2) is 49.5. The van der Waals surface area contributed by atoms with Crippen LogP contribution in [0.1, 0.15) is 239 Å². The molecule has 0 amide bonds. The van der Waals surface area contributed by atoms with Crippen LogP contribution in [0.4, 0.5) is 0 Å². The third-order valence-electron chi connectivity index (χ3n) is 10.7. The number of unbranched alkanes of at least 4 members (excludes halogenated alkanes) is 24. The Morgan fingerprint density at radius 2 is 0.705 bits per heavy atom. The van der Waals surface area contributed by atoms with Gasteiger partial charge in [0.15, 0.2) is 6.10 Å². The quantitative estimate of drug-likeness (QED) is 0.0200. The highest BCUT2D eigenvalue weighted by Crippen LogP contribution is 2.13. The number of carbonyl (C=O) groups excluding carboxylic acids is 3. The lowest BCUT2D eigenvalue weighted by Crippen LogP contribution is -2.30. The molecule has 0 rings (SSSR count). The SMILES string of the molecule is CC/C=C\C/C=C\CCCCCCCC(=O)OCC(COC(=O)CCCCCCC\C=C/C=C\C=C/CCCCCCC)OC(=O)CCCCC/C=C\CCCCCCCC. The average molecular weight is 851 g/mol. The summed E-state index contributed by atoms with van der Waals surface area (Å²) in [6, 6.07) is 0. The molecule has 0 saturated carbocycles. The first-order valence-corrected chi connectivity index (χ1v) is 25.5. The highest BCUT2D eigenvalue weighted by Gasteiger charge is 2.19. The van der Waals surface area contributed by atoms with Crippen LogP contribution in [0.25, 0.3) is 0 Å². The predicted octanol–water partition coefficient (Wildman–Crippen LogP) is 16.6. The van der Waals surface area contributed by atoms with Gasteiger partial charge in [0, 0.05) is 19.3 Å². The van der Waals surface area contributed by atoms with E-state index in [9.17, 15) is 14.4 Å². The molecule has 0 saturated heterocycles. The van der Waals surface area contributed by atoms with Crippen molar-refractivity contribution in [2.75, 3.05) is 13.2 Å². The Labute approximate surface area is 376 Å². The maximum absolute atomic E-state index is 12.8. The van der Waals surface area contributed by atoms with E-state index >= 15 is 0 Å². The van der Waals surface area contributed by atoms with Crippen LogP contribution in [-0.2, 0) is 28.6 Å². The monoisotopic (exact) mass is 851 g/mol. The maximum atomic E-state index is 12.8. The molecule has 1 unspecified atom stereocenters. The molecule has 0 aliphatic heterocycles. The van der Waals surface area contributed by atoms with Gasteiger partial charge in [-0.2, -0.15) is 0 Å². The van der Waals surface area contributed by atoms with Crippen LogP contribution in [0.5, 0.6) is 0 Å². The van der Waals surface area contributed by atoms with E-state index < -0.39 is 6.10 Å². The van der Waals surface area contributed by atoms with E-state index in [1.165, 1.54) is 70.6 Å². The number of hydrogen-bond acceptors (Lipinski definition) is 6. The van der Waals surface area contributed by atoms with Crippen molar-refractivity contribution in [3.05, 3.63) is 72.9 Å². The first kappa shape index (κ1) is 57.9. The summed E-state index contributed by atoms with van der Waals surface area (Å²) in [5, 5.41) is 0. The highest BCUT2D eigenvalue weighted by molar-refractivity contribution is 5.71. The fourth-order valence-corrected chi connectivity index (χ4v) is 6.89. The Morgan fingerprint density at radius 3 is 1.15 bits per heavy atom. The number of allylic oxidation sites excluding steroid dienone is 12. The van der Waals surface area contributed by atoms with Crippen molar-refractivity contribution in [1.29, 1.82) is 0 Å². The molecule has 0 aromatic rings. The summed E-state index contributed by atoms with van der Waals surface area (Å²) in [6.07, 6.45) is 61.7. The van der Waals surface area contributed by atoms with Gasteiger partial charge in [-0.3, -0.25) is 14.4 Å². The molecule has 0 fully saturated rings. The Bertz CT molecular complexity index is 1160. The van der Waals surface area contributed by atoms with Gasteiger partial charge in [-0.15, -0.1) is 0 Å². The summed E-state index contributed by atoms with van der Waals surface area (Å²) < 4.78 is 16.7. The lowest BCUT2D eigenvalue weighted by molar-refractivity contribution is -0.167. The first-order valence-electron chi connectivity index (χ1n) is 25.5. The van der Waals surface area contributed by atoms with Gasteiger partial charge in [-0.25, -0.2) is 0 Å². The minimum atomic E-state index is -0.796. The summed E-state index contributed by atoms with van der Waals surface area (Å²) >= 11 is 0. The molecule has 0 radical (unpaired) electrons. The second-order valence-electron chi connectivity index (χ2n) is 16.7. The van der Waals surface area contributed by atoms with Crippen LogP contribution in [0.3, 0.4) is 0 Å². The van der Waals surface area contributed by atoms with Gasteiger partial charge in [0.1, 0.15) is 13.2 Å². The molecule has 0 spiro atoms. The predicted molar refractivity (Wildman–Crippen MR) is 261 cm³/mol. The molecule has 6 nitrogen and oxygen atoms in total. The van der Waals surface area contributed by atoms with Crippen LogP contribution in [0.2, 0.25) is 0 Å². The van der Waals surface area contributed by atoms with Gasteiger partial charge in [-0.1, -0.05) is 196 Å². The number of carbonyl (C=O) groups is 3. The van der Waals surface area contributed by atoms with Crippen LogP contribution in [0.15, 0.2) is 72.9 Å². The molecule has 61 heavy (non-hydrogen) atoms. The van der Waals surface area contributed by atoms with Crippen molar-refractivity contribution in [1.82, 2.24) is 0 Å². The molecule has 0 aromatic heterocycles. The third kappa shape index (κ3) is 47.7. The Hall–Kier alpha value is -3.15. The zero-order valence-electron chi connectivity index (χ0n) is 39.9. The van der Waals surface area contributed by atoms with E-state index in [4.69, 9.17) is 14.2 Å². The summed E-state index contributed by atoms with van der Waals surface area (Å²) in [5.74, 6) is -0.946. The molecule has 0 aromatic carbocycles. The Morgan fingerprint density at radius 1 is 0.361 bits per heavy atom. The fraction of sp³-hybridized carbons (Fsp3) is 0.727. The van der Waals surface area contributed by atoms with Gasteiger partial charge in [0.05, 0.1) is 0 Å². The first-order chi connectivity index (χ1) is 30.0. The smallest absolute Gasteiger partial charge is 0.306 e. The summed E-state index contributed by atoms with van der Waals surface area (Å²) in [5.41, 5.74) is 0. The zero-order valence-corrected chi connectivity index (χ0v) is 39.9. The number of rotatable bonds is 45. The molecular weight excluding hydrogens is 757 g/mol. The van der Waals surface area contributed by atoms with Crippen molar-refractivity contribution in [2.45, 2.75) is 245 Å². The van der Waals surface area contributed by atoms with E-state index in [1.807, 2.05) is 0 Å². The standard InChI is InChI=1S/C55H94O6/c1-4-7-10-13-16-19-22-25-26-27-28-29-31-33-36-39-42-45-48-54(57)60-51-52(50-59-53(56)47-44-41-38-35-32-24-21-18-15-12-9-6-3)61-55(58)49-46-43-40-37-34-30-23-20-17-14-11-8-5-2/h9,12,18,21-22,25-30,34,52H,4-8,10-11,13-17,19-20,23-24,31-33,35-51H2,1-3H3/b12-9-,21-18-,25-22-,27-26-,29-28-,34-30-. The van der Waals surface area contributed by atoms with Crippen molar-refractivity contribution in [3.8, 4) is 0 Å². The molecule has 0 N–H and O–H groups in total. The zero-order chi connectivity index (χ0) is 44.4. The molecule has 0 bridgehead atoms. The number of hydrogen-bond donors (Lipinski definition) is 0.